The van der Waals surface area contributed by atoms with Crippen molar-refractivity contribution in [1.82, 2.24) is 4.98 Å². The van der Waals surface area contributed by atoms with Crippen molar-refractivity contribution in [2.24, 2.45) is 5.41 Å². The molecule has 1 fully saturated rings. The fourth-order valence-corrected chi connectivity index (χ4v) is 5.72. The number of hydrogen-bond donors (Lipinski definition) is 1. The number of thiazole rings is 1. The number of methoxy groups -OCH3 is 1. The number of anilines is 2. The van der Waals surface area contributed by atoms with Gasteiger partial charge in [-0.3, -0.25) is 4.79 Å². The average molecular weight is 520 g/mol. The van der Waals surface area contributed by atoms with Crippen LogP contribution in [0.25, 0.3) is 10.2 Å². The Morgan fingerprint density at radius 1 is 1.14 bits per heavy atom. The van der Waals surface area contributed by atoms with E-state index in [4.69, 9.17) is 9.72 Å². The molecule has 0 unspecified atom stereocenters. The normalized spacial score (nSPS) is 17.3. The zero-order valence-corrected chi connectivity index (χ0v) is 21.8. The second-order valence-electron chi connectivity index (χ2n) is 9.81. The first-order chi connectivity index (χ1) is 17.8. The van der Waals surface area contributed by atoms with E-state index in [1.54, 1.807) is 13.2 Å². The Bertz CT molecular complexity index is 1390. The van der Waals surface area contributed by atoms with Crippen molar-refractivity contribution >= 4 is 38.3 Å². The number of carbonyl (C=O) groups is 1. The summed E-state index contributed by atoms with van der Waals surface area (Å²) in [6, 6.07) is 21.3. The van der Waals surface area contributed by atoms with Crippen molar-refractivity contribution in [2.75, 3.05) is 36.5 Å². The smallest absolute Gasteiger partial charge is 0.311 e. The Labute approximate surface area is 219 Å². The third-order valence-corrected chi connectivity index (χ3v) is 8.26. The maximum atomic E-state index is 14.4. The summed E-state index contributed by atoms with van der Waals surface area (Å²) in [5.74, 6) is -0.171. The molecule has 0 bridgehead atoms. The lowest BCUT2D eigenvalue weighted by molar-refractivity contribution is -0.146. The molecule has 3 aromatic carbocycles. The number of benzene rings is 3. The van der Waals surface area contributed by atoms with Crippen molar-refractivity contribution < 1.29 is 19.0 Å². The van der Waals surface area contributed by atoms with Gasteiger partial charge in [-0.25, -0.2) is 9.37 Å². The molecule has 4 aromatic rings. The molecule has 37 heavy (non-hydrogen) atoms. The summed E-state index contributed by atoms with van der Waals surface area (Å²) in [6.07, 6.45) is 1.44. The van der Waals surface area contributed by atoms with Gasteiger partial charge in [-0.15, -0.1) is 0 Å². The fraction of sp³-hybridized carbons (Fsp3) is 0.310. The van der Waals surface area contributed by atoms with Gasteiger partial charge in [-0.2, -0.15) is 0 Å². The maximum absolute atomic E-state index is 14.4. The largest absolute Gasteiger partial charge is 0.497 e. The topological polar surface area (TPSA) is 65.9 Å². The van der Waals surface area contributed by atoms with Gasteiger partial charge in [0.2, 0.25) is 0 Å². The summed E-state index contributed by atoms with van der Waals surface area (Å²) in [5, 5.41) is 10.3. The van der Waals surface area contributed by atoms with Crippen LogP contribution >= 0.6 is 11.3 Å². The minimum atomic E-state index is -0.744. The number of carboxylic acid groups (broad SMARTS) is 1. The first-order valence-electron chi connectivity index (χ1n) is 12.3. The first-order valence-corrected chi connectivity index (χ1v) is 13.2. The van der Waals surface area contributed by atoms with Gasteiger partial charge in [0.05, 0.1) is 22.7 Å². The number of hydrogen-bond acceptors (Lipinski definition) is 6. The molecule has 0 aliphatic carbocycles. The molecule has 1 aromatic heterocycles. The molecule has 1 N–H and O–H groups in total. The van der Waals surface area contributed by atoms with Crippen LogP contribution in [0.1, 0.15) is 24.5 Å². The number of rotatable bonds is 9. The Balaban J connectivity index is 1.35. The summed E-state index contributed by atoms with van der Waals surface area (Å²) >= 11 is 1.37. The molecular weight excluding hydrogens is 489 g/mol. The highest BCUT2D eigenvalue weighted by Crippen LogP contribution is 2.34. The van der Waals surface area contributed by atoms with Gasteiger partial charge in [0, 0.05) is 31.9 Å². The number of aliphatic carboxylic acids is 1. The van der Waals surface area contributed by atoms with E-state index in [-0.39, 0.29) is 5.82 Å². The number of carboxylic acids is 1. The second kappa shape index (κ2) is 10.4. The van der Waals surface area contributed by atoms with E-state index in [2.05, 4.69) is 46.2 Å². The molecule has 8 heteroatoms. The maximum Gasteiger partial charge on any atom is 0.311 e. The molecule has 1 aliphatic heterocycles. The molecule has 0 radical (unpaired) electrons. The zero-order chi connectivity index (χ0) is 26.0. The van der Waals surface area contributed by atoms with Gasteiger partial charge < -0.3 is 19.6 Å². The van der Waals surface area contributed by atoms with Gasteiger partial charge in [0.1, 0.15) is 11.6 Å². The van der Waals surface area contributed by atoms with Crippen molar-refractivity contribution in [3.8, 4) is 5.75 Å². The van der Waals surface area contributed by atoms with Crippen LogP contribution in [0.3, 0.4) is 0 Å². The molecule has 6 nitrogen and oxygen atoms in total. The predicted molar refractivity (Wildman–Crippen MR) is 146 cm³/mol. The highest BCUT2D eigenvalue weighted by molar-refractivity contribution is 7.22. The number of halogens is 1. The number of ether oxygens (including phenoxy) is 1. The number of nitrogens with zero attached hydrogens (tertiary/aromatic N) is 3. The summed E-state index contributed by atoms with van der Waals surface area (Å²) in [5.41, 5.74) is 3.28. The van der Waals surface area contributed by atoms with E-state index in [1.165, 1.54) is 23.0 Å². The third kappa shape index (κ3) is 5.39. The Hall–Kier alpha value is -3.65. The summed E-state index contributed by atoms with van der Waals surface area (Å²) in [7, 11) is 1.66. The Kier molecular flexibility index (Phi) is 7.02. The first kappa shape index (κ1) is 25.0. The van der Waals surface area contributed by atoms with Crippen molar-refractivity contribution in [2.45, 2.75) is 26.3 Å². The van der Waals surface area contributed by atoms with Gasteiger partial charge >= 0.3 is 5.97 Å². The number of fused-ring (bicyclic) bond motifs is 1. The molecule has 0 saturated carbocycles. The average Bonchev–Trinajstić information content (AvgIpc) is 3.53. The van der Waals surface area contributed by atoms with Crippen LogP contribution in [0.4, 0.5) is 15.2 Å². The standard InChI is InChI=1S/C29H30FN3O3S/c1-29(27(34)35)15-17-33(19-29)22-10-6-21(7-11-22)18-32(16-14-20-8-12-23(36-2)13-9-20)28-31-25-5-3-4-24(30)26(25)37-28/h3-13H,14-19H2,1-2H3,(H,34,35)/t29-/m0/s1. The van der Waals surface area contributed by atoms with E-state index in [0.29, 0.717) is 29.7 Å². The molecule has 1 aliphatic rings. The van der Waals surface area contributed by atoms with Crippen molar-refractivity contribution in [3.05, 3.63) is 83.7 Å². The monoisotopic (exact) mass is 519 g/mol. The molecule has 0 amide bonds. The lowest BCUT2D eigenvalue weighted by Gasteiger charge is -2.24. The minimum absolute atomic E-state index is 0.250. The van der Waals surface area contributed by atoms with Gasteiger partial charge in [0.15, 0.2) is 5.13 Å². The molecule has 1 saturated heterocycles. The van der Waals surface area contributed by atoms with E-state index in [1.807, 2.05) is 25.1 Å². The van der Waals surface area contributed by atoms with Crippen LogP contribution in [0.15, 0.2) is 66.7 Å². The van der Waals surface area contributed by atoms with Gasteiger partial charge in [-0.1, -0.05) is 41.7 Å². The third-order valence-electron chi connectivity index (χ3n) is 7.12. The van der Waals surface area contributed by atoms with E-state index >= 15 is 0 Å². The zero-order valence-electron chi connectivity index (χ0n) is 21.0. The van der Waals surface area contributed by atoms with Crippen molar-refractivity contribution in [3.63, 3.8) is 0 Å². The van der Waals surface area contributed by atoms with Crippen molar-refractivity contribution in [1.29, 1.82) is 0 Å². The predicted octanol–water partition coefficient (Wildman–Crippen LogP) is 5.99. The van der Waals surface area contributed by atoms with E-state index in [9.17, 15) is 14.3 Å². The highest BCUT2D eigenvalue weighted by atomic mass is 32.1. The van der Waals surface area contributed by atoms with Gasteiger partial charge in [-0.05, 0) is 67.3 Å². The van der Waals surface area contributed by atoms with Crippen LogP contribution in [0, 0.1) is 11.2 Å². The molecule has 1 atom stereocenters. The summed E-state index contributed by atoms with van der Waals surface area (Å²) in [6.45, 7) is 4.40. The van der Waals surface area contributed by atoms with Crippen LogP contribution in [-0.4, -0.2) is 42.8 Å². The molecule has 0 spiro atoms. The van der Waals surface area contributed by atoms with E-state index < -0.39 is 11.4 Å². The SMILES string of the molecule is COc1ccc(CCN(Cc2ccc(N3CC[C@](C)(C(=O)O)C3)cc2)c2nc3cccc(F)c3s2)cc1. The van der Waals surface area contributed by atoms with E-state index in [0.717, 1.165) is 41.6 Å². The van der Waals surface area contributed by atoms with Crippen LogP contribution in [0.2, 0.25) is 0 Å². The lowest BCUT2D eigenvalue weighted by Crippen LogP contribution is -2.31. The lowest BCUT2D eigenvalue weighted by atomic mass is 9.90. The second-order valence-corrected chi connectivity index (χ2v) is 10.8. The van der Waals surface area contributed by atoms with Crippen LogP contribution in [0.5, 0.6) is 5.75 Å². The van der Waals surface area contributed by atoms with Gasteiger partial charge in [0.25, 0.3) is 0 Å². The minimum Gasteiger partial charge on any atom is -0.497 e. The molecular formula is C29H30FN3O3S. The molecule has 192 valence electrons. The summed E-state index contributed by atoms with van der Waals surface area (Å²) < 4.78 is 20.2. The number of aromatic nitrogens is 1. The Morgan fingerprint density at radius 3 is 2.51 bits per heavy atom. The van der Waals surface area contributed by atoms with Crippen LogP contribution < -0.4 is 14.5 Å². The Morgan fingerprint density at radius 2 is 1.86 bits per heavy atom. The van der Waals surface area contributed by atoms with Crippen LogP contribution in [-0.2, 0) is 17.8 Å². The molecule has 5 rings (SSSR count). The quantitative estimate of drug-likeness (QED) is 0.293. The molecule has 2 heterocycles. The fourth-order valence-electron chi connectivity index (χ4n) is 4.73. The summed E-state index contributed by atoms with van der Waals surface area (Å²) in [4.78, 5) is 20.7. The highest BCUT2D eigenvalue weighted by Gasteiger charge is 2.40.